The maximum atomic E-state index is 5.91. The number of rotatable bonds is 0. The Hall–Kier alpha value is -0.190. The molecule has 4 heteroatoms. The number of nitrogens with two attached hydrogens (primary N) is 1. The highest BCUT2D eigenvalue weighted by Crippen LogP contribution is 2.38. The summed E-state index contributed by atoms with van der Waals surface area (Å²) >= 11 is 1.80. The molecule has 0 amide bonds. The van der Waals surface area contributed by atoms with E-state index in [1.54, 1.807) is 11.8 Å². The molecule has 2 aliphatic rings. The summed E-state index contributed by atoms with van der Waals surface area (Å²) in [5, 5.41) is 0. The molecule has 2 heterocycles. The Morgan fingerprint density at radius 1 is 1.50 bits per heavy atom. The topological polar surface area (TPSA) is 32.5 Å². The van der Waals surface area contributed by atoms with Gasteiger partial charge in [0.25, 0.3) is 0 Å². The lowest BCUT2D eigenvalue weighted by molar-refractivity contribution is 0.312. The van der Waals surface area contributed by atoms with Gasteiger partial charge >= 0.3 is 0 Å². The summed E-state index contributed by atoms with van der Waals surface area (Å²) in [6.07, 6.45) is 1.16. The van der Waals surface area contributed by atoms with E-state index in [2.05, 4.69) is 23.9 Å². The number of hydrogen-bond acceptors (Lipinski definition) is 4. The van der Waals surface area contributed by atoms with E-state index < -0.39 is 0 Å². The monoisotopic (exact) mass is 185 g/mol. The second-order valence-electron chi connectivity index (χ2n) is 3.48. The van der Waals surface area contributed by atoms with Crippen molar-refractivity contribution in [3.63, 3.8) is 0 Å². The second-order valence-corrected chi connectivity index (χ2v) is 4.69. The molecule has 2 rings (SSSR count). The molecule has 2 aliphatic heterocycles. The summed E-state index contributed by atoms with van der Waals surface area (Å²) in [7, 11) is 4.25. The van der Waals surface area contributed by atoms with Gasteiger partial charge in [-0.3, -0.25) is 0 Å². The smallest absolute Gasteiger partial charge is 0.129 e. The Kier molecular flexibility index (Phi) is 2.06. The lowest BCUT2D eigenvalue weighted by atomic mass is 10.2. The number of thioether (sulfide) groups is 1. The van der Waals surface area contributed by atoms with E-state index in [0.29, 0.717) is 0 Å². The van der Waals surface area contributed by atoms with Crippen LogP contribution in [0.5, 0.6) is 0 Å². The van der Waals surface area contributed by atoms with Crippen molar-refractivity contribution in [3.05, 3.63) is 10.6 Å². The van der Waals surface area contributed by atoms with Gasteiger partial charge in [-0.05, 0) is 7.05 Å². The zero-order valence-corrected chi connectivity index (χ0v) is 8.40. The summed E-state index contributed by atoms with van der Waals surface area (Å²) in [5.74, 6) is 0. The summed E-state index contributed by atoms with van der Waals surface area (Å²) in [6, 6.07) is 0. The molecule has 0 bridgehead atoms. The van der Waals surface area contributed by atoms with E-state index in [9.17, 15) is 0 Å². The molecule has 12 heavy (non-hydrogen) atoms. The molecule has 0 aromatic rings. The molecule has 0 radical (unpaired) electrons. The van der Waals surface area contributed by atoms with E-state index in [0.717, 1.165) is 19.5 Å². The van der Waals surface area contributed by atoms with Crippen LogP contribution in [0.25, 0.3) is 0 Å². The molecule has 0 aliphatic carbocycles. The van der Waals surface area contributed by atoms with Gasteiger partial charge in [-0.1, -0.05) is 11.8 Å². The average molecular weight is 185 g/mol. The van der Waals surface area contributed by atoms with Crippen molar-refractivity contribution in [1.29, 1.82) is 0 Å². The molecule has 1 atom stereocenters. The highest BCUT2D eigenvalue weighted by Gasteiger charge is 2.29. The van der Waals surface area contributed by atoms with E-state index in [-0.39, 0.29) is 5.50 Å². The van der Waals surface area contributed by atoms with Crippen molar-refractivity contribution in [1.82, 2.24) is 9.80 Å². The Bertz CT molecular complexity index is 226. The van der Waals surface area contributed by atoms with E-state index >= 15 is 0 Å². The Labute approximate surface area is 77.6 Å². The fraction of sp³-hybridized carbons (Fsp3) is 0.750. The van der Waals surface area contributed by atoms with Crippen molar-refractivity contribution in [2.24, 2.45) is 5.73 Å². The minimum absolute atomic E-state index is 0.154. The van der Waals surface area contributed by atoms with Gasteiger partial charge in [-0.2, -0.15) is 0 Å². The van der Waals surface area contributed by atoms with E-state index in [1.807, 2.05) is 0 Å². The zero-order valence-electron chi connectivity index (χ0n) is 7.58. The highest BCUT2D eigenvalue weighted by molar-refractivity contribution is 8.03. The molecule has 3 nitrogen and oxygen atoms in total. The number of hydrogen-bond donors (Lipinski definition) is 1. The van der Waals surface area contributed by atoms with Crippen LogP contribution in [-0.2, 0) is 0 Å². The molecule has 2 N–H and O–H groups in total. The fourth-order valence-electron chi connectivity index (χ4n) is 1.71. The van der Waals surface area contributed by atoms with Crippen LogP contribution in [0, 0.1) is 0 Å². The van der Waals surface area contributed by atoms with Crippen molar-refractivity contribution < 1.29 is 0 Å². The minimum Gasteiger partial charge on any atom is -0.353 e. The Morgan fingerprint density at radius 3 is 3.00 bits per heavy atom. The standard InChI is InChI=1S/C8H15N3S/c1-10-4-3-6-7(5-10)12-8(9)11(6)2/h8H,3-5,9H2,1-2H3. The second kappa shape index (κ2) is 2.94. The maximum absolute atomic E-state index is 5.91. The maximum Gasteiger partial charge on any atom is 0.129 e. The summed E-state index contributed by atoms with van der Waals surface area (Å²) in [4.78, 5) is 6.02. The highest BCUT2D eigenvalue weighted by atomic mass is 32.2. The summed E-state index contributed by atoms with van der Waals surface area (Å²) in [6.45, 7) is 2.24. The molecule has 0 saturated heterocycles. The molecule has 0 aromatic carbocycles. The van der Waals surface area contributed by atoms with E-state index in [1.165, 1.54) is 10.6 Å². The van der Waals surface area contributed by atoms with Gasteiger partial charge in [-0.15, -0.1) is 0 Å². The number of likely N-dealkylation sites (N-methyl/N-ethyl adjacent to an activating group) is 1. The van der Waals surface area contributed by atoms with Crippen molar-refractivity contribution in [3.8, 4) is 0 Å². The van der Waals surface area contributed by atoms with Gasteiger partial charge < -0.3 is 15.5 Å². The first-order valence-corrected chi connectivity index (χ1v) is 5.12. The van der Waals surface area contributed by atoms with Crippen LogP contribution in [0.3, 0.4) is 0 Å². The third kappa shape index (κ3) is 1.24. The van der Waals surface area contributed by atoms with Crippen LogP contribution in [0.4, 0.5) is 0 Å². The van der Waals surface area contributed by atoms with Gasteiger partial charge in [0.15, 0.2) is 0 Å². The predicted molar refractivity (Wildman–Crippen MR) is 52.5 cm³/mol. The molecule has 68 valence electrons. The molecular weight excluding hydrogens is 170 g/mol. The molecule has 0 fully saturated rings. The van der Waals surface area contributed by atoms with E-state index in [4.69, 9.17) is 5.73 Å². The van der Waals surface area contributed by atoms with Crippen molar-refractivity contribution in [2.75, 3.05) is 27.2 Å². The predicted octanol–water partition coefficient (Wildman–Crippen LogP) is 0.454. The minimum atomic E-state index is 0.154. The first-order chi connectivity index (χ1) is 5.68. The summed E-state index contributed by atoms with van der Waals surface area (Å²) < 4.78 is 0. The lowest BCUT2D eigenvalue weighted by Crippen LogP contribution is -2.33. The molecule has 0 saturated carbocycles. The Morgan fingerprint density at radius 2 is 2.25 bits per heavy atom. The Balaban J connectivity index is 2.18. The summed E-state index contributed by atoms with van der Waals surface area (Å²) in [5.41, 5.74) is 7.53. The van der Waals surface area contributed by atoms with Gasteiger partial charge in [-0.25, -0.2) is 0 Å². The van der Waals surface area contributed by atoms with Crippen LogP contribution in [0.2, 0.25) is 0 Å². The SMILES string of the molecule is CN1CCC2=C(C1)SC(N)N2C. The zero-order chi connectivity index (χ0) is 8.72. The van der Waals surface area contributed by atoms with Gasteiger partial charge in [0.1, 0.15) is 5.50 Å². The van der Waals surface area contributed by atoms with Crippen LogP contribution in [-0.4, -0.2) is 42.5 Å². The van der Waals surface area contributed by atoms with Gasteiger partial charge in [0.05, 0.1) is 0 Å². The normalized spacial score (nSPS) is 31.2. The molecule has 0 aromatic heterocycles. The number of nitrogens with zero attached hydrogens (tertiary/aromatic N) is 2. The third-order valence-corrected chi connectivity index (χ3v) is 3.74. The molecule has 0 spiro atoms. The first kappa shape index (κ1) is 8.41. The van der Waals surface area contributed by atoms with Gasteiger partial charge in [0.2, 0.25) is 0 Å². The largest absolute Gasteiger partial charge is 0.353 e. The molecular formula is C8H15N3S. The van der Waals surface area contributed by atoms with Crippen LogP contribution in [0.1, 0.15) is 6.42 Å². The lowest BCUT2D eigenvalue weighted by Gasteiger charge is -2.26. The third-order valence-electron chi connectivity index (χ3n) is 2.54. The quantitative estimate of drug-likeness (QED) is 0.594. The fourth-order valence-corrected chi connectivity index (χ4v) is 2.96. The molecule has 1 unspecified atom stereocenters. The van der Waals surface area contributed by atoms with Crippen molar-refractivity contribution in [2.45, 2.75) is 11.9 Å². The van der Waals surface area contributed by atoms with Crippen LogP contribution < -0.4 is 5.73 Å². The van der Waals surface area contributed by atoms with Crippen molar-refractivity contribution >= 4 is 11.8 Å². The average Bonchev–Trinajstić information content (AvgIpc) is 2.28. The van der Waals surface area contributed by atoms with Crippen LogP contribution in [0.15, 0.2) is 10.6 Å². The van der Waals surface area contributed by atoms with Crippen LogP contribution >= 0.6 is 11.8 Å². The van der Waals surface area contributed by atoms with Gasteiger partial charge in [0, 0.05) is 37.2 Å². The first-order valence-electron chi connectivity index (χ1n) is 4.24.